The first-order valence-corrected chi connectivity index (χ1v) is 7.75. The molecule has 0 spiro atoms. The van der Waals surface area contributed by atoms with E-state index in [9.17, 15) is 4.79 Å². The summed E-state index contributed by atoms with van der Waals surface area (Å²) in [7, 11) is 0. The van der Waals surface area contributed by atoms with Crippen LogP contribution in [0.3, 0.4) is 0 Å². The van der Waals surface area contributed by atoms with Crippen LogP contribution < -0.4 is 5.56 Å². The van der Waals surface area contributed by atoms with Gasteiger partial charge in [0.15, 0.2) is 0 Å². The highest BCUT2D eigenvalue weighted by Gasteiger charge is 2.12. The second-order valence-corrected chi connectivity index (χ2v) is 6.32. The third kappa shape index (κ3) is 2.82. The summed E-state index contributed by atoms with van der Waals surface area (Å²) in [5.41, 5.74) is 0.810. The second kappa shape index (κ2) is 6.09. The van der Waals surface area contributed by atoms with Crippen LogP contribution >= 0.6 is 46.4 Å². The van der Waals surface area contributed by atoms with Crippen molar-refractivity contribution in [3.63, 3.8) is 0 Å². The molecule has 0 aliphatic heterocycles. The molecule has 0 N–H and O–H groups in total. The third-order valence-corrected chi connectivity index (χ3v) is 4.45. The van der Waals surface area contributed by atoms with Crippen molar-refractivity contribution in [2.24, 2.45) is 0 Å². The summed E-state index contributed by atoms with van der Waals surface area (Å²) in [5.74, 6) is 0. The van der Waals surface area contributed by atoms with Crippen LogP contribution in [0.1, 0.15) is 5.56 Å². The fraction of sp³-hybridized carbons (Fsp3) is 0.0667. The van der Waals surface area contributed by atoms with Crippen molar-refractivity contribution in [1.29, 1.82) is 0 Å². The number of aromatic nitrogens is 2. The number of benzene rings is 2. The van der Waals surface area contributed by atoms with E-state index in [0.29, 0.717) is 36.6 Å². The Hall–Kier alpha value is -1.26. The molecule has 3 nitrogen and oxygen atoms in total. The minimum Gasteiger partial charge on any atom is -0.294 e. The molecule has 3 rings (SSSR count). The molecular weight excluding hydrogens is 366 g/mol. The summed E-state index contributed by atoms with van der Waals surface area (Å²) < 4.78 is 1.42. The molecule has 0 saturated carbocycles. The Balaban J connectivity index is 2.17. The van der Waals surface area contributed by atoms with Gasteiger partial charge in [0.2, 0.25) is 0 Å². The molecule has 0 unspecified atom stereocenters. The maximum Gasteiger partial charge on any atom is 0.261 e. The predicted molar refractivity (Wildman–Crippen MR) is 91.6 cm³/mol. The van der Waals surface area contributed by atoms with Crippen LogP contribution in [-0.4, -0.2) is 9.55 Å². The van der Waals surface area contributed by atoms with E-state index in [4.69, 9.17) is 46.4 Å². The van der Waals surface area contributed by atoms with Crippen LogP contribution in [0.2, 0.25) is 20.1 Å². The van der Waals surface area contributed by atoms with E-state index in [1.807, 2.05) is 0 Å². The van der Waals surface area contributed by atoms with Gasteiger partial charge in [0.05, 0.1) is 28.8 Å². The van der Waals surface area contributed by atoms with Crippen molar-refractivity contribution in [2.75, 3.05) is 0 Å². The Morgan fingerprint density at radius 2 is 1.68 bits per heavy atom. The normalized spacial score (nSPS) is 11.1. The first-order chi connectivity index (χ1) is 10.5. The summed E-state index contributed by atoms with van der Waals surface area (Å²) in [4.78, 5) is 16.8. The summed E-state index contributed by atoms with van der Waals surface area (Å²) in [5, 5.41) is 2.04. The van der Waals surface area contributed by atoms with E-state index in [1.54, 1.807) is 30.3 Å². The van der Waals surface area contributed by atoms with Gasteiger partial charge in [-0.1, -0.05) is 52.5 Å². The molecule has 0 aliphatic carbocycles. The third-order valence-electron chi connectivity index (χ3n) is 3.24. The topological polar surface area (TPSA) is 34.9 Å². The summed E-state index contributed by atoms with van der Waals surface area (Å²) in [6, 6.07) is 8.27. The van der Waals surface area contributed by atoms with Gasteiger partial charge >= 0.3 is 0 Å². The molecule has 1 heterocycles. The number of hydrogen-bond acceptors (Lipinski definition) is 2. The van der Waals surface area contributed by atoms with Crippen molar-refractivity contribution in [2.45, 2.75) is 6.54 Å². The minimum absolute atomic E-state index is 0.213. The molecule has 2 aromatic carbocycles. The second-order valence-electron chi connectivity index (χ2n) is 4.66. The van der Waals surface area contributed by atoms with Crippen molar-refractivity contribution in [3.8, 4) is 0 Å². The molecule has 1 aromatic heterocycles. The van der Waals surface area contributed by atoms with Gasteiger partial charge in [-0.25, -0.2) is 4.98 Å². The zero-order valence-electron chi connectivity index (χ0n) is 11.0. The first kappa shape index (κ1) is 15.6. The zero-order chi connectivity index (χ0) is 15.9. The maximum absolute atomic E-state index is 12.6. The van der Waals surface area contributed by atoms with Gasteiger partial charge in [-0.2, -0.15) is 0 Å². The predicted octanol–water partition coefficient (Wildman–Crippen LogP) is 5.06. The lowest BCUT2D eigenvalue weighted by Crippen LogP contribution is -2.21. The molecule has 22 heavy (non-hydrogen) atoms. The monoisotopic (exact) mass is 372 g/mol. The van der Waals surface area contributed by atoms with Gasteiger partial charge in [0, 0.05) is 20.6 Å². The van der Waals surface area contributed by atoms with Crippen LogP contribution in [0.5, 0.6) is 0 Å². The lowest BCUT2D eigenvalue weighted by atomic mass is 10.2. The van der Waals surface area contributed by atoms with E-state index >= 15 is 0 Å². The average molecular weight is 374 g/mol. The van der Waals surface area contributed by atoms with E-state index in [1.165, 1.54) is 10.9 Å². The SMILES string of the molecule is O=c1c2cc(Cl)cc(Cl)c2ncn1Cc1c(Cl)cccc1Cl. The Bertz CT molecular complexity index is 916. The van der Waals surface area contributed by atoms with Crippen LogP contribution in [0, 0.1) is 0 Å². The lowest BCUT2D eigenvalue weighted by Gasteiger charge is -2.10. The van der Waals surface area contributed by atoms with Gasteiger partial charge in [-0.05, 0) is 24.3 Å². The standard InChI is InChI=1S/C15H8Cl4N2O/c16-8-4-9-14(13(19)5-8)20-7-21(15(9)22)6-10-11(17)2-1-3-12(10)18/h1-5,7H,6H2. The molecule has 0 atom stereocenters. The highest BCUT2D eigenvalue weighted by molar-refractivity contribution is 6.38. The van der Waals surface area contributed by atoms with Crippen LogP contribution in [-0.2, 0) is 6.54 Å². The Morgan fingerprint density at radius 3 is 2.36 bits per heavy atom. The Labute approximate surface area is 146 Å². The quantitative estimate of drug-likeness (QED) is 0.629. The largest absolute Gasteiger partial charge is 0.294 e. The number of hydrogen-bond donors (Lipinski definition) is 0. The number of rotatable bonds is 2. The molecule has 0 radical (unpaired) electrons. The number of fused-ring (bicyclic) bond motifs is 1. The fourth-order valence-electron chi connectivity index (χ4n) is 2.16. The van der Waals surface area contributed by atoms with E-state index in [0.717, 1.165) is 0 Å². The minimum atomic E-state index is -0.259. The fourth-order valence-corrected chi connectivity index (χ4v) is 3.22. The highest BCUT2D eigenvalue weighted by Crippen LogP contribution is 2.26. The molecule has 112 valence electrons. The average Bonchev–Trinajstić information content (AvgIpc) is 2.46. The van der Waals surface area contributed by atoms with Gasteiger partial charge in [-0.3, -0.25) is 9.36 Å². The van der Waals surface area contributed by atoms with Crippen molar-refractivity contribution < 1.29 is 0 Å². The van der Waals surface area contributed by atoms with Crippen LogP contribution in [0.4, 0.5) is 0 Å². The van der Waals surface area contributed by atoms with Crippen molar-refractivity contribution in [3.05, 3.63) is 72.7 Å². The zero-order valence-corrected chi connectivity index (χ0v) is 14.0. The molecular formula is C15H8Cl4N2O. The molecule has 0 saturated heterocycles. The summed E-state index contributed by atoms with van der Waals surface area (Å²) in [6.07, 6.45) is 1.42. The van der Waals surface area contributed by atoms with Gasteiger partial charge in [-0.15, -0.1) is 0 Å². The summed E-state index contributed by atoms with van der Waals surface area (Å²) in [6.45, 7) is 0.213. The molecule has 3 aromatic rings. The molecule has 0 bridgehead atoms. The molecule has 7 heteroatoms. The van der Waals surface area contributed by atoms with E-state index < -0.39 is 0 Å². The summed E-state index contributed by atoms with van der Waals surface area (Å²) >= 11 is 24.3. The Morgan fingerprint density at radius 1 is 1.00 bits per heavy atom. The van der Waals surface area contributed by atoms with Crippen molar-refractivity contribution in [1.82, 2.24) is 9.55 Å². The smallest absolute Gasteiger partial charge is 0.261 e. The molecule has 0 aliphatic rings. The van der Waals surface area contributed by atoms with Gasteiger partial charge < -0.3 is 0 Å². The van der Waals surface area contributed by atoms with Crippen molar-refractivity contribution >= 4 is 57.3 Å². The number of halogens is 4. The lowest BCUT2D eigenvalue weighted by molar-refractivity contribution is 0.749. The van der Waals surface area contributed by atoms with E-state index in [2.05, 4.69) is 4.98 Å². The Kier molecular flexibility index (Phi) is 4.33. The number of nitrogens with zero attached hydrogens (tertiary/aromatic N) is 2. The van der Waals surface area contributed by atoms with Crippen LogP contribution in [0.15, 0.2) is 41.5 Å². The maximum atomic E-state index is 12.6. The van der Waals surface area contributed by atoms with E-state index in [-0.39, 0.29) is 12.1 Å². The first-order valence-electron chi connectivity index (χ1n) is 6.24. The highest BCUT2D eigenvalue weighted by atomic mass is 35.5. The molecule has 0 fully saturated rings. The van der Waals surface area contributed by atoms with Crippen LogP contribution in [0.25, 0.3) is 10.9 Å². The van der Waals surface area contributed by atoms with Gasteiger partial charge in [0.25, 0.3) is 5.56 Å². The van der Waals surface area contributed by atoms with Gasteiger partial charge in [0.1, 0.15) is 0 Å². The molecule has 0 amide bonds.